The molecule has 0 unspecified atom stereocenters. The molecule has 1 aliphatic rings. The Labute approximate surface area is 185 Å². The van der Waals surface area contributed by atoms with Crippen molar-refractivity contribution in [3.05, 3.63) is 77.6 Å². The predicted molar refractivity (Wildman–Crippen MR) is 117 cm³/mol. The van der Waals surface area contributed by atoms with Crippen molar-refractivity contribution in [2.75, 3.05) is 32.8 Å². The molecule has 0 radical (unpaired) electrons. The molecule has 1 fully saturated rings. The molecule has 8 heteroatoms. The summed E-state index contributed by atoms with van der Waals surface area (Å²) in [6.07, 6.45) is 3.10. The zero-order chi connectivity index (χ0) is 21.6. The molecule has 0 aliphatic carbocycles. The summed E-state index contributed by atoms with van der Waals surface area (Å²) in [6, 6.07) is 16.5. The molecule has 1 saturated heterocycles. The fourth-order valence-electron chi connectivity index (χ4n) is 3.28. The minimum absolute atomic E-state index is 0.0512. The number of nitrogens with zero attached hydrogens (tertiary/aromatic N) is 4. The molecule has 2 heterocycles. The standard InChI is InChI=1S/C23H21ClN4O3/c24-19-6-8-20(9-7-19)31-16-21(29)27-10-12-28(13-11-27)23(30)18-14-25-22(26-15-18)17-4-2-1-3-5-17/h1-9,14-15H,10-13,16H2. The van der Waals surface area contributed by atoms with Gasteiger partial charge in [0.1, 0.15) is 5.75 Å². The van der Waals surface area contributed by atoms with Gasteiger partial charge in [-0.15, -0.1) is 0 Å². The van der Waals surface area contributed by atoms with E-state index in [1.165, 1.54) is 0 Å². The quantitative estimate of drug-likeness (QED) is 0.614. The summed E-state index contributed by atoms with van der Waals surface area (Å²) in [5.74, 6) is 0.917. The highest BCUT2D eigenvalue weighted by atomic mass is 35.5. The van der Waals surface area contributed by atoms with Crippen molar-refractivity contribution in [3.63, 3.8) is 0 Å². The smallest absolute Gasteiger partial charge is 0.260 e. The van der Waals surface area contributed by atoms with E-state index in [2.05, 4.69) is 9.97 Å². The van der Waals surface area contributed by atoms with Gasteiger partial charge in [-0.1, -0.05) is 41.9 Å². The Balaban J connectivity index is 1.28. The summed E-state index contributed by atoms with van der Waals surface area (Å²) < 4.78 is 5.52. The van der Waals surface area contributed by atoms with E-state index in [9.17, 15) is 9.59 Å². The number of aromatic nitrogens is 2. The minimum atomic E-state index is -0.135. The van der Waals surface area contributed by atoms with Crippen molar-refractivity contribution in [1.29, 1.82) is 0 Å². The van der Waals surface area contributed by atoms with E-state index in [1.807, 2.05) is 30.3 Å². The van der Waals surface area contributed by atoms with Crippen LogP contribution in [-0.4, -0.2) is 64.4 Å². The van der Waals surface area contributed by atoms with Crippen molar-refractivity contribution in [2.45, 2.75) is 0 Å². The monoisotopic (exact) mass is 436 g/mol. The number of carbonyl (C=O) groups excluding carboxylic acids is 2. The van der Waals surface area contributed by atoms with Crippen LogP contribution in [0, 0.1) is 0 Å². The fourth-order valence-corrected chi connectivity index (χ4v) is 3.41. The molecule has 0 atom stereocenters. The van der Waals surface area contributed by atoms with Crippen LogP contribution in [0.15, 0.2) is 67.0 Å². The number of ether oxygens (including phenoxy) is 1. The largest absolute Gasteiger partial charge is 0.484 e. The Morgan fingerprint density at radius 3 is 2.13 bits per heavy atom. The number of piperazine rings is 1. The Hall–Kier alpha value is -3.45. The molecule has 0 spiro atoms. The number of amides is 2. The van der Waals surface area contributed by atoms with Crippen LogP contribution in [0.1, 0.15) is 10.4 Å². The normalized spacial score (nSPS) is 13.7. The first kappa shape index (κ1) is 20.8. The van der Waals surface area contributed by atoms with Crippen LogP contribution in [0.3, 0.4) is 0 Å². The maximum atomic E-state index is 12.8. The summed E-state index contributed by atoms with van der Waals surface area (Å²) in [4.78, 5) is 37.2. The maximum absolute atomic E-state index is 12.8. The lowest BCUT2D eigenvalue weighted by Gasteiger charge is -2.34. The summed E-state index contributed by atoms with van der Waals surface area (Å²) in [5.41, 5.74) is 1.33. The average Bonchev–Trinajstić information content (AvgIpc) is 2.84. The van der Waals surface area contributed by atoms with Crippen LogP contribution in [-0.2, 0) is 4.79 Å². The van der Waals surface area contributed by atoms with Gasteiger partial charge in [0.2, 0.25) is 0 Å². The van der Waals surface area contributed by atoms with Crippen molar-refractivity contribution >= 4 is 23.4 Å². The van der Waals surface area contributed by atoms with Crippen LogP contribution in [0.4, 0.5) is 0 Å². The Kier molecular flexibility index (Phi) is 6.43. The summed E-state index contributed by atoms with van der Waals surface area (Å²) in [5, 5.41) is 0.611. The van der Waals surface area contributed by atoms with E-state index in [4.69, 9.17) is 16.3 Å². The van der Waals surface area contributed by atoms with Crippen LogP contribution < -0.4 is 4.74 Å². The number of hydrogen-bond acceptors (Lipinski definition) is 5. The van der Waals surface area contributed by atoms with Crippen LogP contribution in [0.25, 0.3) is 11.4 Å². The van der Waals surface area contributed by atoms with Gasteiger partial charge in [-0.05, 0) is 24.3 Å². The van der Waals surface area contributed by atoms with Gasteiger partial charge in [0.05, 0.1) is 5.56 Å². The molecular formula is C23H21ClN4O3. The van der Waals surface area contributed by atoms with Crippen molar-refractivity contribution in [3.8, 4) is 17.1 Å². The van der Waals surface area contributed by atoms with Gasteiger partial charge in [0.15, 0.2) is 12.4 Å². The van der Waals surface area contributed by atoms with Gasteiger partial charge in [0.25, 0.3) is 11.8 Å². The number of halogens is 1. The predicted octanol–water partition coefficient (Wildman–Crippen LogP) is 3.16. The molecule has 4 rings (SSSR count). The molecule has 158 valence electrons. The van der Waals surface area contributed by atoms with Gasteiger partial charge >= 0.3 is 0 Å². The molecule has 7 nitrogen and oxygen atoms in total. The first-order chi connectivity index (χ1) is 15.1. The van der Waals surface area contributed by atoms with E-state index in [0.29, 0.717) is 48.3 Å². The van der Waals surface area contributed by atoms with Gasteiger partial charge in [-0.25, -0.2) is 9.97 Å². The highest BCUT2D eigenvalue weighted by Crippen LogP contribution is 2.16. The Bertz CT molecular complexity index is 1030. The van der Waals surface area contributed by atoms with Crippen molar-refractivity contribution < 1.29 is 14.3 Å². The fraction of sp³-hybridized carbons (Fsp3) is 0.217. The van der Waals surface area contributed by atoms with Crippen LogP contribution >= 0.6 is 11.6 Å². The van der Waals surface area contributed by atoms with Crippen LogP contribution in [0.5, 0.6) is 5.75 Å². The number of benzene rings is 2. The van der Waals surface area contributed by atoms with E-state index >= 15 is 0 Å². The van der Waals surface area contributed by atoms with Gasteiger partial charge < -0.3 is 14.5 Å². The molecule has 1 aromatic heterocycles. The second-order valence-electron chi connectivity index (χ2n) is 7.08. The van der Waals surface area contributed by atoms with E-state index in [-0.39, 0.29) is 18.4 Å². The molecule has 2 amide bonds. The summed E-state index contributed by atoms with van der Waals surface area (Å²) >= 11 is 5.84. The molecule has 1 aliphatic heterocycles. The summed E-state index contributed by atoms with van der Waals surface area (Å²) in [7, 11) is 0. The van der Waals surface area contributed by atoms with Crippen molar-refractivity contribution in [1.82, 2.24) is 19.8 Å². The Morgan fingerprint density at radius 2 is 1.48 bits per heavy atom. The molecular weight excluding hydrogens is 416 g/mol. The molecule has 3 aromatic rings. The zero-order valence-electron chi connectivity index (χ0n) is 16.8. The highest BCUT2D eigenvalue weighted by molar-refractivity contribution is 6.30. The number of carbonyl (C=O) groups is 2. The zero-order valence-corrected chi connectivity index (χ0v) is 17.5. The number of hydrogen-bond donors (Lipinski definition) is 0. The van der Waals surface area contributed by atoms with E-state index in [1.54, 1.807) is 46.5 Å². The molecule has 0 bridgehead atoms. The third-order valence-electron chi connectivity index (χ3n) is 5.03. The lowest BCUT2D eigenvalue weighted by Crippen LogP contribution is -2.51. The van der Waals surface area contributed by atoms with Gasteiger partial charge in [-0.3, -0.25) is 9.59 Å². The first-order valence-corrected chi connectivity index (χ1v) is 10.3. The highest BCUT2D eigenvalue weighted by Gasteiger charge is 2.25. The second kappa shape index (κ2) is 9.57. The summed E-state index contributed by atoms with van der Waals surface area (Å²) in [6.45, 7) is 1.76. The van der Waals surface area contributed by atoms with Crippen molar-refractivity contribution in [2.24, 2.45) is 0 Å². The average molecular weight is 437 g/mol. The van der Waals surface area contributed by atoms with E-state index < -0.39 is 0 Å². The molecule has 0 N–H and O–H groups in total. The van der Waals surface area contributed by atoms with Gasteiger partial charge in [-0.2, -0.15) is 0 Å². The second-order valence-corrected chi connectivity index (χ2v) is 7.51. The lowest BCUT2D eigenvalue weighted by molar-refractivity contribution is -0.134. The van der Waals surface area contributed by atoms with Gasteiger partial charge in [0, 0.05) is 49.2 Å². The van der Waals surface area contributed by atoms with Crippen LogP contribution in [0.2, 0.25) is 5.02 Å². The Morgan fingerprint density at radius 1 is 0.871 bits per heavy atom. The first-order valence-electron chi connectivity index (χ1n) is 9.93. The SMILES string of the molecule is O=C(COc1ccc(Cl)cc1)N1CCN(C(=O)c2cnc(-c3ccccc3)nc2)CC1. The van der Waals surface area contributed by atoms with E-state index in [0.717, 1.165) is 5.56 Å². The third-order valence-corrected chi connectivity index (χ3v) is 5.28. The molecule has 2 aromatic carbocycles. The topological polar surface area (TPSA) is 75.6 Å². The third kappa shape index (κ3) is 5.19. The minimum Gasteiger partial charge on any atom is -0.484 e. The lowest BCUT2D eigenvalue weighted by atomic mass is 10.2. The number of rotatable bonds is 5. The molecule has 0 saturated carbocycles. The maximum Gasteiger partial charge on any atom is 0.260 e. The molecule has 31 heavy (non-hydrogen) atoms.